The molecule has 0 aliphatic rings. The summed E-state index contributed by atoms with van der Waals surface area (Å²) in [6, 6.07) is 22.8. The van der Waals surface area contributed by atoms with Crippen LogP contribution in [-0.2, 0) is 0 Å². The van der Waals surface area contributed by atoms with E-state index in [4.69, 9.17) is 9.97 Å². The molecular formula is C19H14N2. The molecule has 0 unspecified atom stereocenters. The Labute approximate surface area is 123 Å². The molecule has 0 N–H and O–H groups in total. The zero-order valence-corrected chi connectivity index (χ0v) is 11.7. The Hall–Kier alpha value is -2.74. The van der Waals surface area contributed by atoms with E-state index in [1.807, 2.05) is 37.3 Å². The van der Waals surface area contributed by atoms with Crippen LogP contribution in [0.1, 0.15) is 5.69 Å². The van der Waals surface area contributed by atoms with Crippen LogP contribution in [0.2, 0.25) is 0 Å². The smallest absolute Gasteiger partial charge is 0.0922 e. The molecule has 2 nitrogen and oxygen atoms in total. The van der Waals surface area contributed by atoms with Gasteiger partial charge in [0.05, 0.1) is 22.4 Å². The largest absolute Gasteiger partial charge is 0.249 e. The van der Waals surface area contributed by atoms with E-state index in [0.717, 1.165) is 28.0 Å². The van der Waals surface area contributed by atoms with E-state index in [2.05, 4.69) is 36.4 Å². The molecule has 0 amide bonds. The van der Waals surface area contributed by atoms with Crippen molar-refractivity contribution in [1.29, 1.82) is 0 Å². The maximum absolute atomic E-state index is 4.83. The van der Waals surface area contributed by atoms with Crippen LogP contribution < -0.4 is 0 Å². The Morgan fingerprint density at radius 1 is 0.667 bits per heavy atom. The summed E-state index contributed by atoms with van der Waals surface area (Å²) >= 11 is 0. The number of aromatic nitrogens is 2. The fraction of sp³-hybridized carbons (Fsp3) is 0.0526. The fourth-order valence-corrected chi connectivity index (χ4v) is 2.70. The van der Waals surface area contributed by atoms with Gasteiger partial charge in [-0.1, -0.05) is 54.6 Å². The molecule has 3 aromatic carbocycles. The van der Waals surface area contributed by atoms with Gasteiger partial charge in [0.2, 0.25) is 0 Å². The van der Waals surface area contributed by atoms with Gasteiger partial charge in [-0.05, 0) is 29.8 Å². The van der Waals surface area contributed by atoms with E-state index in [1.165, 1.54) is 10.8 Å². The van der Waals surface area contributed by atoms with Gasteiger partial charge < -0.3 is 0 Å². The monoisotopic (exact) mass is 270 g/mol. The highest BCUT2D eigenvalue weighted by molar-refractivity contribution is 5.95. The van der Waals surface area contributed by atoms with Gasteiger partial charge in [-0.3, -0.25) is 0 Å². The number of aryl methyl sites for hydroxylation is 1. The lowest BCUT2D eigenvalue weighted by Gasteiger charge is -2.08. The van der Waals surface area contributed by atoms with Crippen LogP contribution in [0.4, 0.5) is 0 Å². The number of benzene rings is 3. The molecule has 1 heterocycles. The van der Waals surface area contributed by atoms with Gasteiger partial charge in [0.25, 0.3) is 0 Å². The van der Waals surface area contributed by atoms with Crippen molar-refractivity contribution in [1.82, 2.24) is 9.97 Å². The predicted molar refractivity (Wildman–Crippen MR) is 87.2 cm³/mol. The SMILES string of the molecule is Cc1nc2cc3ccccc3cc2nc1-c1ccccc1. The highest BCUT2D eigenvalue weighted by Gasteiger charge is 2.08. The van der Waals surface area contributed by atoms with Crippen molar-refractivity contribution in [2.45, 2.75) is 6.92 Å². The highest BCUT2D eigenvalue weighted by atomic mass is 14.8. The minimum absolute atomic E-state index is 0.943. The molecule has 0 spiro atoms. The molecule has 1 aromatic heterocycles. The van der Waals surface area contributed by atoms with E-state index in [-0.39, 0.29) is 0 Å². The van der Waals surface area contributed by atoms with Crippen molar-refractivity contribution >= 4 is 21.8 Å². The third-order valence-corrected chi connectivity index (χ3v) is 3.75. The first kappa shape index (κ1) is 12.0. The van der Waals surface area contributed by atoms with E-state index in [9.17, 15) is 0 Å². The summed E-state index contributed by atoms with van der Waals surface area (Å²) in [5.41, 5.74) is 4.92. The van der Waals surface area contributed by atoms with E-state index >= 15 is 0 Å². The number of hydrogen-bond acceptors (Lipinski definition) is 2. The maximum Gasteiger partial charge on any atom is 0.0922 e. The van der Waals surface area contributed by atoms with E-state index in [0.29, 0.717) is 0 Å². The van der Waals surface area contributed by atoms with E-state index < -0.39 is 0 Å². The fourth-order valence-electron chi connectivity index (χ4n) is 2.70. The second kappa shape index (κ2) is 4.67. The van der Waals surface area contributed by atoms with Crippen molar-refractivity contribution in [3.05, 3.63) is 72.4 Å². The quantitative estimate of drug-likeness (QED) is 0.466. The lowest BCUT2D eigenvalue weighted by molar-refractivity contribution is 1.19. The van der Waals surface area contributed by atoms with Crippen LogP contribution in [0, 0.1) is 6.92 Å². The molecular weight excluding hydrogens is 256 g/mol. The average Bonchev–Trinajstić information content (AvgIpc) is 2.53. The van der Waals surface area contributed by atoms with Gasteiger partial charge in [0.15, 0.2) is 0 Å². The Balaban J connectivity index is 2.02. The Morgan fingerprint density at radius 3 is 1.90 bits per heavy atom. The molecule has 2 heteroatoms. The molecule has 0 saturated carbocycles. The molecule has 0 aliphatic heterocycles. The van der Waals surface area contributed by atoms with Crippen molar-refractivity contribution in [3.8, 4) is 11.3 Å². The third kappa shape index (κ3) is 2.05. The van der Waals surface area contributed by atoms with Gasteiger partial charge in [0.1, 0.15) is 0 Å². The number of fused-ring (bicyclic) bond motifs is 2. The average molecular weight is 270 g/mol. The highest BCUT2D eigenvalue weighted by Crippen LogP contribution is 2.25. The zero-order chi connectivity index (χ0) is 14.2. The van der Waals surface area contributed by atoms with Crippen LogP contribution in [0.3, 0.4) is 0 Å². The molecule has 100 valence electrons. The van der Waals surface area contributed by atoms with Crippen LogP contribution in [0.15, 0.2) is 66.7 Å². The summed E-state index contributed by atoms with van der Waals surface area (Å²) in [6.45, 7) is 2.02. The molecule has 4 aromatic rings. The second-order valence-corrected chi connectivity index (χ2v) is 5.21. The number of hydrogen-bond donors (Lipinski definition) is 0. The summed E-state index contributed by atoms with van der Waals surface area (Å²) in [6.07, 6.45) is 0. The molecule has 0 bridgehead atoms. The lowest BCUT2D eigenvalue weighted by Crippen LogP contribution is -1.94. The molecule has 0 saturated heterocycles. The molecule has 0 fully saturated rings. The summed E-state index contributed by atoms with van der Waals surface area (Å²) in [5.74, 6) is 0. The molecule has 0 radical (unpaired) electrons. The summed E-state index contributed by atoms with van der Waals surface area (Å²) < 4.78 is 0. The van der Waals surface area contributed by atoms with Crippen molar-refractivity contribution in [2.24, 2.45) is 0 Å². The van der Waals surface area contributed by atoms with Crippen molar-refractivity contribution in [3.63, 3.8) is 0 Å². The standard InChI is InChI=1S/C19H14N2/c1-13-19(14-7-3-2-4-8-14)21-18-12-16-10-6-5-9-15(16)11-17(18)20-13/h2-12H,1H3. The van der Waals surface area contributed by atoms with Gasteiger partial charge in [-0.15, -0.1) is 0 Å². The normalized spacial score (nSPS) is 11.1. The second-order valence-electron chi connectivity index (χ2n) is 5.21. The summed E-state index contributed by atoms with van der Waals surface area (Å²) in [7, 11) is 0. The third-order valence-electron chi connectivity index (χ3n) is 3.75. The summed E-state index contributed by atoms with van der Waals surface area (Å²) in [5, 5.41) is 2.40. The van der Waals surface area contributed by atoms with Crippen LogP contribution in [0.25, 0.3) is 33.1 Å². The molecule has 0 aliphatic carbocycles. The Bertz CT molecular complexity index is 943. The molecule has 0 atom stereocenters. The predicted octanol–water partition coefficient (Wildman–Crippen LogP) is 4.76. The van der Waals surface area contributed by atoms with E-state index in [1.54, 1.807) is 0 Å². The molecule has 21 heavy (non-hydrogen) atoms. The lowest BCUT2D eigenvalue weighted by atomic mass is 10.1. The van der Waals surface area contributed by atoms with Crippen LogP contribution >= 0.6 is 0 Å². The topological polar surface area (TPSA) is 25.8 Å². The first-order valence-electron chi connectivity index (χ1n) is 7.04. The van der Waals surface area contributed by atoms with Gasteiger partial charge in [-0.2, -0.15) is 0 Å². The van der Waals surface area contributed by atoms with Gasteiger partial charge in [0, 0.05) is 5.56 Å². The Morgan fingerprint density at radius 2 is 1.24 bits per heavy atom. The number of rotatable bonds is 1. The first-order chi connectivity index (χ1) is 10.3. The van der Waals surface area contributed by atoms with Crippen LogP contribution in [-0.4, -0.2) is 9.97 Å². The summed E-state index contributed by atoms with van der Waals surface area (Å²) in [4.78, 5) is 9.57. The van der Waals surface area contributed by atoms with Crippen molar-refractivity contribution in [2.75, 3.05) is 0 Å². The minimum Gasteiger partial charge on any atom is -0.249 e. The number of nitrogens with zero attached hydrogens (tertiary/aromatic N) is 2. The maximum atomic E-state index is 4.83. The first-order valence-corrected chi connectivity index (χ1v) is 7.04. The van der Waals surface area contributed by atoms with Gasteiger partial charge in [-0.25, -0.2) is 9.97 Å². The molecule has 4 rings (SSSR count). The minimum atomic E-state index is 0.943. The Kier molecular flexibility index (Phi) is 2.68. The zero-order valence-electron chi connectivity index (χ0n) is 11.7. The van der Waals surface area contributed by atoms with Gasteiger partial charge >= 0.3 is 0 Å². The van der Waals surface area contributed by atoms with Crippen LogP contribution in [0.5, 0.6) is 0 Å². The van der Waals surface area contributed by atoms with Crippen molar-refractivity contribution < 1.29 is 0 Å².